The first-order valence-electron chi connectivity index (χ1n) is 10.00. The van der Waals surface area contributed by atoms with Crippen LogP contribution in [-0.2, 0) is 11.2 Å². The van der Waals surface area contributed by atoms with Crippen molar-refractivity contribution < 1.29 is 14.2 Å². The van der Waals surface area contributed by atoms with Crippen molar-refractivity contribution >= 4 is 5.96 Å². The second-order valence-electron chi connectivity index (χ2n) is 7.06. The molecule has 1 heterocycles. The number of benzene rings is 2. The predicted octanol–water partition coefficient (Wildman–Crippen LogP) is 3.20. The third-order valence-corrected chi connectivity index (χ3v) is 5.28. The molecule has 0 aromatic heterocycles. The van der Waals surface area contributed by atoms with Gasteiger partial charge in [-0.2, -0.15) is 0 Å². The van der Waals surface area contributed by atoms with Gasteiger partial charge in [-0.3, -0.25) is 4.99 Å². The van der Waals surface area contributed by atoms with Gasteiger partial charge in [0.05, 0.1) is 27.4 Å². The van der Waals surface area contributed by atoms with Crippen LogP contribution in [-0.4, -0.2) is 58.4 Å². The zero-order valence-corrected chi connectivity index (χ0v) is 17.8. The fourth-order valence-electron chi connectivity index (χ4n) is 3.70. The average Bonchev–Trinajstić information content (AvgIpc) is 2.77. The molecule has 2 aromatic carbocycles. The quantitative estimate of drug-likeness (QED) is 0.599. The lowest BCUT2D eigenvalue weighted by atomic mass is 10.0. The first kappa shape index (κ1) is 21.0. The molecule has 1 aliphatic heterocycles. The Bertz CT molecular complexity index is 838. The number of hydrogen-bond donors (Lipinski definition) is 1. The summed E-state index contributed by atoms with van der Waals surface area (Å²) in [6, 6.07) is 14.3. The summed E-state index contributed by atoms with van der Waals surface area (Å²) in [6.07, 6.45) is 0.868. The molecule has 0 aliphatic carbocycles. The number of ether oxygens (including phenoxy) is 3. The van der Waals surface area contributed by atoms with Gasteiger partial charge in [-0.1, -0.05) is 24.3 Å². The van der Waals surface area contributed by atoms with E-state index >= 15 is 0 Å². The van der Waals surface area contributed by atoms with Crippen LogP contribution in [0.3, 0.4) is 0 Å². The molecule has 1 fully saturated rings. The summed E-state index contributed by atoms with van der Waals surface area (Å²) >= 11 is 0. The maximum absolute atomic E-state index is 6.04. The van der Waals surface area contributed by atoms with E-state index in [1.165, 1.54) is 11.1 Å². The molecule has 0 radical (unpaired) electrons. The van der Waals surface area contributed by atoms with Crippen molar-refractivity contribution in [2.45, 2.75) is 19.4 Å². The summed E-state index contributed by atoms with van der Waals surface area (Å²) in [5.74, 6) is 2.60. The van der Waals surface area contributed by atoms with Crippen molar-refractivity contribution in [1.82, 2.24) is 10.2 Å². The van der Waals surface area contributed by atoms with Crippen molar-refractivity contribution in [3.8, 4) is 11.5 Å². The van der Waals surface area contributed by atoms with Gasteiger partial charge in [0.1, 0.15) is 17.6 Å². The number of nitrogens with zero attached hydrogens (tertiary/aromatic N) is 2. The molecule has 0 spiro atoms. The minimum absolute atomic E-state index is 0.0574. The molecule has 0 bridgehead atoms. The van der Waals surface area contributed by atoms with Crippen molar-refractivity contribution in [3.05, 3.63) is 59.2 Å². The Morgan fingerprint density at radius 2 is 2.03 bits per heavy atom. The van der Waals surface area contributed by atoms with Gasteiger partial charge in [0.15, 0.2) is 5.96 Å². The number of hydrogen-bond acceptors (Lipinski definition) is 4. The van der Waals surface area contributed by atoms with Crippen molar-refractivity contribution in [2.75, 3.05) is 47.5 Å². The molecule has 1 unspecified atom stereocenters. The molecule has 1 aliphatic rings. The highest BCUT2D eigenvalue weighted by atomic mass is 16.5. The Balaban J connectivity index is 1.61. The number of aliphatic imine (C=N–C) groups is 1. The maximum atomic E-state index is 6.04. The minimum atomic E-state index is 0.0574. The zero-order chi connectivity index (χ0) is 20.6. The molecule has 6 heteroatoms. The number of morpholine rings is 1. The topological polar surface area (TPSA) is 55.3 Å². The number of nitrogens with one attached hydrogen (secondary N) is 1. The van der Waals surface area contributed by atoms with Crippen LogP contribution in [0.25, 0.3) is 0 Å². The molecule has 0 saturated carbocycles. The first-order chi connectivity index (χ1) is 14.2. The Morgan fingerprint density at radius 1 is 1.21 bits per heavy atom. The van der Waals surface area contributed by atoms with Crippen LogP contribution in [0, 0.1) is 6.92 Å². The molecule has 1 N–H and O–H groups in total. The zero-order valence-electron chi connectivity index (χ0n) is 17.8. The molecule has 0 amide bonds. The normalized spacial score (nSPS) is 17.2. The van der Waals surface area contributed by atoms with Gasteiger partial charge < -0.3 is 24.4 Å². The predicted molar refractivity (Wildman–Crippen MR) is 116 cm³/mol. The average molecular weight is 398 g/mol. The van der Waals surface area contributed by atoms with Gasteiger partial charge in [0, 0.05) is 20.1 Å². The van der Waals surface area contributed by atoms with Crippen molar-refractivity contribution in [2.24, 2.45) is 4.99 Å². The largest absolute Gasteiger partial charge is 0.497 e. The van der Waals surface area contributed by atoms with Gasteiger partial charge in [-0.05, 0) is 48.2 Å². The fraction of sp³-hybridized carbons (Fsp3) is 0.435. The van der Waals surface area contributed by atoms with E-state index in [0.29, 0.717) is 6.61 Å². The van der Waals surface area contributed by atoms with Crippen LogP contribution in [0.4, 0.5) is 0 Å². The van der Waals surface area contributed by atoms with Crippen LogP contribution in [0.15, 0.2) is 47.5 Å². The summed E-state index contributed by atoms with van der Waals surface area (Å²) in [6.45, 7) is 5.18. The van der Waals surface area contributed by atoms with Crippen LogP contribution < -0.4 is 14.8 Å². The van der Waals surface area contributed by atoms with Gasteiger partial charge in [-0.25, -0.2) is 0 Å². The molecule has 2 aromatic rings. The molecule has 3 rings (SSSR count). The summed E-state index contributed by atoms with van der Waals surface area (Å²) < 4.78 is 16.9. The lowest BCUT2D eigenvalue weighted by Gasteiger charge is -2.35. The second-order valence-corrected chi connectivity index (χ2v) is 7.06. The minimum Gasteiger partial charge on any atom is -0.497 e. The van der Waals surface area contributed by atoms with E-state index in [2.05, 4.69) is 46.4 Å². The van der Waals surface area contributed by atoms with Crippen molar-refractivity contribution in [3.63, 3.8) is 0 Å². The highest BCUT2D eigenvalue weighted by Crippen LogP contribution is 2.26. The van der Waals surface area contributed by atoms with E-state index in [4.69, 9.17) is 14.2 Å². The first-order valence-corrected chi connectivity index (χ1v) is 10.00. The van der Waals surface area contributed by atoms with E-state index < -0.39 is 0 Å². The molecule has 29 heavy (non-hydrogen) atoms. The fourth-order valence-corrected chi connectivity index (χ4v) is 3.70. The van der Waals surface area contributed by atoms with Crippen LogP contribution >= 0.6 is 0 Å². The summed E-state index contributed by atoms with van der Waals surface area (Å²) in [5.41, 5.74) is 3.61. The van der Waals surface area contributed by atoms with E-state index in [0.717, 1.165) is 49.1 Å². The molecular weight excluding hydrogens is 366 g/mol. The molecule has 6 nitrogen and oxygen atoms in total. The van der Waals surface area contributed by atoms with E-state index in [-0.39, 0.29) is 6.10 Å². The second kappa shape index (κ2) is 10.2. The monoisotopic (exact) mass is 397 g/mol. The highest BCUT2D eigenvalue weighted by Gasteiger charge is 2.25. The van der Waals surface area contributed by atoms with Crippen LogP contribution in [0.1, 0.15) is 22.8 Å². The van der Waals surface area contributed by atoms with Gasteiger partial charge in [0.25, 0.3) is 0 Å². The Hall–Kier alpha value is -2.73. The Kier molecular flexibility index (Phi) is 7.36. The molecule has 156 valence electrons. The number of methoxy groups -OCH3 is 2. The highest BCUT2D eigenvalue weighted by molar-refractivity contribution is 5.80. The van der Waals surface area contributed by atoms with Gasteiger partial charge in [0.2, 0.25) is 0 Å². The standard InChI is InChI=1S/C23H31N3O3/c1-17-7-5-6-8-20(17)22-16-26(13-14-29-22)23(24-2)25-12-11-18-15-19(27-3)9-10-21(18)28-4/h5-10,15,22H,11-14,16H2,1-4H3,(H,24,25). The molecule has 1 atom stereocenters. The van der Waals surface area contributed by atoms with Crippen LogP contribution in [0.2, 0.25) is 0 Å². The molecular formula is C23H31N3O3. The van der Waals surface area contributed by atoms with E-state index in [1.54, 1.807) is 14.2 Å². The summed E-state index contributed by atoms with van der Waals surface area (Å²) in [7, 11) is 5.19. The van der Waals surface area contributed by atoms with Crippen molar-refractivity contribution in [1.29, 1.82) is 0 Å². The lowest BCUT2D eigenvalue weighted by molar-refractivity contribution is -0.00829. The van der Waals surface area contributed by atoms with Gasteiger partial charge >= 0.3 is 0 Å². The summed E-state index contributed by atoms with van der Waals surface area (Å²) in [5, 5.41) is 3.49. The number of rotatable bonds is 6. The Morgan fingerprint density at radius 3 is 2.76 bits per heavy atom. The third kappa shape index (κ3) is 5.21. The van der Waals surface area contributed by atoms with Crippen LogP contribution in [0.5, 0.6) is 11.5 Å². The SMILES string of the molecule is CN=C(NCCc1cc(OC)ccc1OC)N1CCOC(c2ccccc2C)C1. The number of guanidine groups is 1. The van der Waals surface area contributed by atoms with E-state index in [1.807, 2.05) is 25.2 Å². The Labute approximate surface area is 173 Å². The maximum Gasteiger partial charge on any atom is 0.193 e. The summed E-state index contributed by atoms with van der Waals surface area (Å²) in [4.78, 5) is 6.76. The van der Waals surface area contributed by atoms with Gasteiger partial charge in [-0.15, -0.1) is 0 Å². The van der Waals surface area contributed by atoms with E-state index in [9.17, 15) is 0 Å². The lowest BCUT2D eigenvalue weighted by Crippen LogP contribution is -2.48. The smallest absolute Gasteiger partial charge is 0.193 e. The third-order valence-electron chi connectivity index (χ3n) is 5.28. The number of aryl methyl sites for hydroxylation is 1. The molecule has 1 saturated heterocycles.